The predicted octanol–water partition coefficient (Wildman–Crippen LogP) is 2.92. The summed E-state index contributed by atoms with van der Waals surface area (Å²) in [5, 5.41) is 0. The normalized spacial score (nSPS) is 16.6. The summed E-state index contributed by atoms with van der Waals surface area (Å²) in [6, 6.07) is 7.57. The van der Waals surface area contributed by atoms with Crippen molar-refractivity contribution in [1.82, 2.24) is 23.6 Å². The van der Waals surface area contributed by atoms with Crippen LogP contribution in [0.3, 0.4) is 0 Å². The molecule has 0 radical (unpaired) electrons. The van der Waals surface area contributed by atoms with Crippen LogP contribution in [0.15, 0.2) is 79.1 Å². The van der Waals surface area contributed by atoms with Gasteiger partial charge in [0.1, 0.15) is 5.82 Å². The van der Waals surface area contributed by atoms with E-state index >= 15 is 0 Å². The molecule has 10 nitrogen and oxygen atoms in total. The summed E-state index contributed by atoms with van der Waals surface area (Å²) < 4.78 is 43.4. The zero-order chi connectivity index (χ0) is 27.5. The van der Waals surface area contributed by atoms with Gasteiger partial charge in [0.2, 0.25) is 0 Å². The molecule has 12 heteroatoms. The van der Waals surface area contributed by atoms with E-state index in [0.29, 0.717) is 48.1 Å². The Bertz CT molecular complexity index is 1610. The van der Waals surface area contributed by atoms with E-state index in [4.69, 9.17) is 4.98 Å². The minimum Gasteiger partial charge on any atom is -0.353 e. The summed E-state index contributed by atoms with van der Waals surface area (Å²) in [4.78, 5) is 16.0. The van der Waals surface area contributed by atoms with Gasteiger partial charge in [0, 0.05) is 56.9 Å². The highest BCUT2D eigenvalue weighted by Crippen LogP contribution is 2.27. The van der Waals surface area contributed by atoms with Crippen LogP contribution in [0.2, 0.25) is 0 Å². The number of aromatic nitrogens is 3. The van der Waals surface area contributed by atoms with Gasteiger partial charge in [-0.15, -0.1) is 0 Å². The van der Waals surface area contributed by atoms with Crippen LogP contribution >= 0.6 is 0 Å². The molecule has 0 spiro atoms. The van der Waals surface area contributed by atoms with Crippen LogP contribution in [0.5, 0.6) is 0 Å². The Balaban J connectivity index is 1.55. The average molecular weight is 554 g/mol. The number of hydrogen-bond donors (Lipinski definition) is 1. The predicted molar refractivity (Wildman–Crippen MR) is 157 cm³/mol. The Morgan fingerprint density at radius 2 is 1.76 bits per heavy atom. The highest BCUT2D eigenvalue weighted by atomic mass is 32.2. The van der Waals surface area contributed by atoms with Gasteiger partial charge in [0.05, 0.1) is 38.8 Å². The van der Waals surface area contributed by atoms with Crippen LogP contribution in [0.1, 0.15) is 0 Å². The zero-order valence-corrected chi connectivity index (χ0v) is 23.1. The molecule has 2 aromatic heterocycles. The van der Waals surface area contributed by atoms with E-state index in [1.807, 2.05) is 29.2 Å². The van der Waals surface area contributed by atoms with Crippen molar-refractivity contribution in [2.75, 3.05) is 49.9 Å². The van der Waals surface area contributed by atoms with Crippen molar-refractivity contribution in [1.29, 1.82) is 0 Å². The van der Waals surface area contributed by atoms with Gasteiger partial charge < -0.3 is 9.62 Å². The van der Waals surface area contributed by atoms with Crippen molar-refractivity contribution in [2.24, 2.45) is 0 Å². The summed E-state index contributed by atoms with van der Waals surface area (Å²) in [5.41, 5.74) is 3.64. The second kappa shape index (κ2) is 11.0. The van der Waals surface area contributed by atoms with Crippen LogP contribution in [0.4, 0.5) is 11.5 Å². The van der Waals surface area contributed by atoms with Crippen molar-refractivity contribution in [2.45, 2.75) is 0 Å². The van der Waals surface area contributed by atoms with Crippen LogP contribution < -0.4 is 9.62 Å². The molecule has 1 aliphatic rings. The number of fused-ring (bicyclic) bond motifs is 1. The molecule has 1 aliphatic heterocycles. The van der Waals surface area contributed by atoms with Crippen molar-refractivity contribution < 1.29 is 12.6 Å². The van der Waals surface area contributed by atoms with Gasteiger partial charge in [-0.2, -0.15) is 17.0 Å². The molecule has 1 fully saturated rings. The minimum atomic E-state index is -3.44. The van der Waals surface area contributed by atoms with Gasteiger partial charge in [0.25, 0.3) is 10.2 Å². The largest absolute Gasteiger partial charge is 0.353 e. The van der Waals surface area contributed by atoms with Crippen molar-refractivity contribution >= 4 is 48.3 Å². The van der Waals surface area contributed by atoms with E-state index in [2.05, 4.69) is 33.7 Å². The van der Waals surface area contributed by atoms with Crippen LogP contribution in [-0.4, -0.2) is 82.3 Å². The number of rotatable bonds is 9. The van der Waals surface area contributed by atoms with E-state index in [1.54, 1.807) is 36.8 Å². The molecule has 200 valence electrons. The smallest absolute Gasteiger partial charge is 0.281 e. The fourth-order valence-electron chi connectivity index (χ4n) is 3.91. The molecule has 4 rings (SSSR count). The first-order chi connectivity index (χ1) is 18.0. The molecule has 1 aromatic carbocycles. The number of allylic oxidation sites excluding steroid dienone is 3. The van der Waals surface area contributed by atoms with E-state index in [1.165, 1.54) is 22.7 Å². The lowest BCUT2D eigenvalue weighted by atomic mass is 10.1. The lowest BCUT2D eigenvalue weighted by molar-refractivity contribution is 0.355. The maximum Gasteiger partial charge on any atom is 0.281 e. The first-order valence-corrected chi connectivity index (χ1v) is 14.9. The number of piperazine rings is 1. The van der Waals surface area contributed by atoms with E-state index in [-0.39, 0.29) is 0 Å². The fourth-order valence-corrected chi connectivity index (χ4v) is 5.92. The third-order valence-electron chi connectivity index (χ3n) is 6.08. The SMILES string of the molecule is C=CC=CC(=C)S(=C)(=O)Nc1cncc(-c2ccc3ncc(N4CCN(S(=O)(=O)N(C)C)CC4)nc3c2)c1. The Morgan fingerprint density at radius 3 is 2.45 bits per heavy atom. The number of hydrogen-bond acceptors (Lipinski definition) is 7. The first kappa shape index (κ1) is 27.5. The van der Waals surface area contributed by atoms with E-state index in [0.717, 1.165) is 16.6 Å². The zero-order valence-electron chi connectivity index (χ0n) is 21.4. The molecule has 3 heterocycles. The monoisotopic (exact) mass is 553 g/mol. The lowest BCUT2D eigenvalue weighted by Gasteiger charge is -2.35. The van der Waals surface area contributed by atoms with Gasteiger partial charge in [0.15, 0.2) is 0 Å². The molecule has 38 heavy (non-hydrogen) atoms. The number of nitrogens with one attached hydrogen (secondary N) is 1. The molecule has 0 aliphatic carbocycles. The van der Waals surface area contributed by atoms with Gasteiger partial charge in [-0.3, -0.25) is 9.97 Å². The molecule has 0 bridgehead atoms. The fraction of sp³-hybridized carbons (Fsp3) is 0.231. The third kappa shape index (κ3) is 5.94. The molecule has 3 aromatic rings. The third-order valence-corrected chi connectivity index (χ3v) is 9.57. The minimum absolute atomic E-state index is 0.344. The number of anilines is 2. The molecular weight excluding hydrogens is 522 g/mol. The molecule has 1 unspecified atom stereocenters. The highest BCUT2D eigenvalue weighted by Gasteiger charge is 2.29. The van der Waals surface area contributed by atoms with Gasteiger partial charge in [-0.25, -0.2) is 9.19 Å². The lowest BCUT2D eigenvalue weighted by Crippen LogP contribution is -2.51. The molecule has 1 atom stereocenters. The van der Waals surface area contributed by atoms with Gasteiger partial charge >= 0.3 is 0 Å². The van der Waals surface area contributed by atoms with Crippen LogP contribution in [0.25, 0.3) is 22.2 Å². The van der Waals surface area contributed by atoms with Crippen LogP contribution in [-0.2, 0) is 19.9 Å². The molecule has 0 saturated carbocycles. The summed E-state index contributed by atoms with van der Waals surface area (Å²) in [7, 11) is -3.22. The Morgan fingerprint density at radius 1 is 1.03 bits per heavy atom. The second-order valence-electron chi connectivity index (χ2n) is 8.91. The molecular formula is C26H31N7O3S2. The first-order valence-electron chi connectivity index (χ1n) is 11.8. The van der Waals surface area contributed by atoms with Crippen molar-refractivity contribution in [3.63, 3.8) is 0 Å². The summed E-state index contributed by atoms with van der Waals surface area (Å²) in [6.45, 7) is 9.22. The summed E-state index contributed by atoms with van der Waals surface area (Å²) >= 11 is 0. The average Bonchev–Trinajstić information content (AvgIpc) is 2.91. The Labute approximate surface area is 224 Å². The van der Waals surface area contributed by atoms with Crippen molar-refractivity contribution in [3.05, 3.63) is 79.1 Å². The van der Waals surface area contributed by atoms with Crippen molar-refractivity contribution in [3.8, 4) is 11.1 Å². The number of benzene rings is 1. The maximum atomic E-state index is 13.0. The second-order valence-corrected chi connectivity index (χ2v) is 13.1. The van der Waals surface area contributed by atoms with Gasteiger partial charge in [-0.1, -0.05) is 31.4 Å². The maximum absolute atomic E-state index is 13.0. The summed E-state index contributed by atoms with van der Waals surface area (Å²) in [6.07, 6.45) is 9.83. The standard InChI is InChI=1S/C26H31N7O3S2/c1-6-7-8-20(2)37(5,34)30-23-15-22(17-27-18-23)21-9-10-24-25(16-21)29-26(19-28-24)32-11-13-33(14-12-32)38(35,36)31(3)4/h6-10,15-19H,1-2,5,11-14H2,3-4H3,(H,30,34). The summed E-state index contributed by atoms with van der Waals surface area (Å²) in [5.74, 6) is 4.47. The number of pyridine rings is 1. The van der Waals surface area contributed by atoms with Gasteiger partial charge in [-0.05, 0) is 35.7 Å². The highest BCUT2D eigenvalue weighted by molar-refractivity contribution is 8.05. The topological polar surface area (TPSA) is 112 Å². The Hall–Kier alpha value is -3.58. The van der Waals surface area contributed by atoms with E-state index < -0.39 is 19.9 Å². The molecule has 1 saturated heterocycles. The quantitative estimate of drug-likeness (QED) is 0.320. The van der Waals surface area contributed by atoms with E-state index in [9.17, 15) is 12.6 Å². The van der Waals surface area contributed by atoms with Crippen LogP contribution in [0, 0.1) is 0 Å². The molecule has 0 amide bonds. The molecule has 1 N–H and O–H groups in total. The Kier molecular flexibility index (Phi) is 7.97. The number of nitrogens with zero attached hydrogens (tertiary/aromatic N) is 6.